The van der Waals surface area contributed by atoms with Gasteiger partial charge in [0.15, 0.2) is 0 Å². The van der Waals surface area contributed by atoms with Crippen LogP contribution in [-0.4, -0.2) is 62.5 Å². The van der Waals surface area contributed by atoms with Gasteiger partial charge in [-0.25, -0.2) is 0 Å². The van der Waals surface area contributed by atoms with Crippen LogP contribution in [0.1, 0.15) is 38.5 Å². The molecule has 4 heteroatoms. The van der Waals surface area contributed by atoms with E-state index in [0.29, 0.717) is 18.2 Å². The van der Waals surface area contributed by atoms with Crippen LogP contribution in [0.5, 0.6) is 0 Å². The van der Waals surface area contributed by atoms with E-state index in [2.05, 4.69) is 10.2 Å². The molecule has 0 aromatic rings. The number of morpholine rings is 1. The molecule has 2 saturated heterocycles. The van der Waals surface area contributed by atoms with E-state index in [4.69, 9.17) is 9.47 Å². The van der Waals surface area contributed by atoms with Crippen LogP contribution < -0.4 is 5.32 Å². The minimum absolute atomic E-state index is 0.490. The highest BCUT2D eigenvalue weighted by Gasteiger charge is 2.33. The number of nitrogens with one attached hydrogen (secondary N) is 1. The number of rotatable bonds is 4. The van der Waals surface area contributed by atoms with Gasteiger partial charge in [0.05, 0.1) is 25.4 Å². The maximum absolute atomic E-state index is 6.04. The Bertz CT molecular complexity index is 267. The van der Waals surface area contributed by atoms with Gasteiger partial charge in [0.1, 0.15) is 0 Å². The Hall–Kier alpha value is -0.160. The molecule has 0 spiro atoms. The molecule has 0 amide bonds. The van der Waals surface area contributed by atoms with Crippen LogP contribution in [0.3, 0.4) is 0 Å². The van der Waals surface area contributed by atoms with Gasteiger partial charge in [0.25, 0.3) is 0 Å². The van der Waals surface area contributed by atoms with E-state index >= 15 is 0 Å². The van der Waals surface area contributed by atoms with E-state index in [9.17, 15) is 0 Å². The van der Waals surface area contributed by atoms with Crippen molar-refractivity contribution in [2.45, 2.75) is 56.8 Å². The fourth-order valence-corrected chi connectivity index (χ4v) is 3.75. The summed E-state index contributed by atoms with van der Waals surface area (Å²) in [7, 11) is 0. The van der Waals surface area contributed by atoms with Crippen molar-refractivity contribution in [3.63, 3.8) is 0 Å². The van der Waals surface area contributed by atoms with Gasteiger partial charge >= 0.3 is 0 Å². The van der Waals surface area contributed by atoms with Gasteiger partial charge in [0.2, 0.25) is 0 Å². The lowest BCUT2D eigenvalue weighted by Crippen LogP contribution is -2.53. The third-order valence-electron chi connectivity index (χ3n) is 4.87. The number of hydrogen-bond acceptors (Lipinski definition) is 4. The van der Waals surface area contributed by atoms with Crippen molar-refractivity contribution >= 4 is 0 Å². The van der Waals surface area contributed by atoms with Gasteiger partial charge in [-0.05, 0) is 38.8 Å². The third-order valence-corrected chi connectivity index (χ3v) is 4.87. The molecule has 3 aliphatic rings. The normalized spacial score (nSPS) is 34.1. The summed E-state index contributed by atoms with van der Waals surface area (Å²) in [5.41, 5.74) is 0. The minimum atomic E-state index is 0.490. The van der Waals surface area contributed by atoms with E-state index in [1.807, 2.05) is 0 Å². The molecule has 0 bridgehead atoms. The van der Waals surface area contributed by atoms with Gasteiger partial charge in [-0.1, -0.05) is 12.8 Å². The molecule has 1 saturated carbocycles. The summed E-state index contributed by atoms with van der Waals surface area (Å²) < 4.78 is 12.0. The molecule has 0 aromatic heterocycles. The Morgan fingerprint density at radius 2 is 1.95 bits per heavy atom. The van der Waals surface area contributed by atoms with Crippen LogP contribution in [0, 0.1) is 0 Å². The van der Waals surface area contributed by atoms with E-state index < -0.39 is 0 Å². The first-order valence-corrected chi connectivity index (χ1v) is 8.11. The quantitative estimate of drug-likeness (QED) is 0.835. The number of nitrogens with zero attached hydrogens (tertiary/aromatic N) is 1. The van der Waals surface area contributed by atoms with Crippen LogP contribution >= 0.6 is 0 Å². The highest BCUT2D eigenvalue weighted by molar-refractivity contribution is 4.87. The highest BCUT2D eigenvalue weighted by Crippen LogP contribution is 2.28. The first-order valence-electron chi connectivity index (χ1n) is 8.11. The maximum Gasteiger partial charge on any atom is 0.0730 e. The molecule has 0 radical (unpaired) electrons. The summed E-state index contributed by atoms with van der Waals surface area (Å²) in [6.07, 6.45) is 8.64. The molecule has 2 aliphatic heterocycles. The number of fused-ring (bicyclic) bond motifs is 1. The van der Waals surface area contributed by atoms with Crippen LogP contribution in [0.15, 0.2) is 0 Å². The van der Waals surface area contributed by atoms with Crippen molar-refractivity contribution < 1.29 is 9.47 Å². The van der Waals surface area contributed by atoms with Gasteiger partial charge in [-0.15, -0.1) is 0 Å². The Labute approximate surface area is 116 Å². The van der Waals surface area contributed by atoms with E-state index in [1.165, 1.54) is 38.5 Å². The van der Waals surface area contributed by atoms with Crippen molar-refractivity contribution in [2.24, 2.45) is 0 Å². The SMILES string of the molecule is C1CCC2C(C1)OCCN2CCOC1CCNCC1. The molecular formula is C15H28N2O2. The van der Waals surface area contributed by atoms with Crippen molar-refractivity contribution in [3.8, 4) is 0 Å². The standard InChI is InChI=1S/C15H28N2O2/c1-2-4-15-14(3-1)17(10-12-19-15)9-11-18-13-5-7-16-8-6-13/h13-16H,1-12H2. The number of piperidine rings is 1. The smallest absolute Gasteiger partial charge is 0.0730 e. The topological polar surface area (TPSA) is 33.7 Å². The van der Waals surface area contributed by atoms with Crippen molar-refractivity contribution in [1.82, 2.24) is 10.2 Å². The van der Waals surface area contributed by atoms with E-state index in [0.717, 1.165) is 39.4 Å². The van der Waals surface area contributed by atoms with Gasteiger partial charge in [-0.3, -0.25) is 4.90 Å². The third kappa shape index (κ3) is 3.69. The second-order valence-electron chi connectivity index (χ2n) is 6.12. The molecule has 2 unspecified atom stereocenters. The molecule has 19 heavy (non-hydrogen) atoms. The first kappa shape index (κ1) is 13.8. The van der Waals surface area contributed by atoms with Crippen LogP contribution in [0.2, 0.25) is 0 Å². The average Bonchev–Trinajstić information content (AvgIpc) is 2.49. The minimum Gasteiger partial charge on any atom is -0.377 e. The van der Waals surface area contributed by atoms with Crippen LogP contribution in [-0.2, 0) is 9.47 Å². The zero-order valence-corrected chi connectivity index (χ0v) is 12.0. The summed E-state index contributed by atoms with van der Waals surface area (Å²) >= 11 is 0. The molecule has 110 valence electrons. The lowest BCUT2D eigenvalue weighted by atomic mass is 9.90. The predicted molar refractivity (Wildman–Crippen MR) is 75.4 cm³/mol. The molecule has 3 fully saturated rings. The lowest BCUT2D eigenvalue weighted by molar-refractivity contribution is -0.0969. The van der Waals surface area contributed by atoms with Gasteiger partial charge in [-0.2, -0.15) is 0 Å². The fourth-order valence-electron chi connectivity index (χ4n) is 3.75. The van der Waals surface area contributed by atoms with Crippen LogP contribution in [0.25, 0.3) is 0 Å². The Morgan fingerprint density at radius 3 is 2.84 bits per heavy atom. The van der Waals surface area contributed by atoms with Crippen molar-refractivity contribution in [3.05, 3.63) is 0 Å². The van der Waals surface area contributed by atoms with Gasteiger partial charge < -0.3 is 14.8 Å². The fraction of sp³-hybridized carbons (Fsp3) is 1.00. The molecule has 2 heterocycles. The summed E-state index contributed by atoms with van der Waals surface area (Å²) in [5.74, 6) is 0. The monoisotopic (exact) mass is 268 g/mol. The van der Waals surface area contributed by atoms with E-state index in [1.54, 1.807) is 0 Å². The Balaban J connectivity index is 1.40. The summed E-state index contributed by atoms with van der Waals surface area (Å²) in [5, 5.41) is 3.38. The van der Waals surface area contributed by atoms with Crippen LogP contribution in [0.4, 0.5) is 0 Å². The molecule has 0 aromatic carbocycles. The molecule has 4 nitrogen and oxygen atoms in total. The largest absolute Gasteiger partial charge is 0.377 e. The molecule has 3 rings (SSSR count). The van der Waals surface area contributed by atoms with Gasteiger partial charge in [0, 0.05) is 19.1 Å². The second kappa shape index (κ2) is 7.02. The molecule has 1 aliphatic carbocycles. The average molecular weight is 268 g/mol. The highest BCUT2D eigenvalue weighted by atomic mass is 16.5. The zero-order valence-electron chi connectivity index (χ0n) is 12.0. The summed E-state index contributed by atoms with van der Waals surface area (Å²) in [4.78, 5) is 2.62. The summed E-state index contributed by atoms with van der Waals surface area (Å²) in [6.45, 7) is 6.23. The Morgan fingerprint density at radius 1 is 1.11 bits per heavy atom. The number of ether oxygens (including phenoxy) is 2. The maximum atomic E-state index is 6.04. The van der Waals surface area contributed by atoms with E-state index in [-0.39, 0.29) is 0 Å². The molecular weight excluding hydrogens is 240 g/mol. The molecule has 2 atom stereocenters. The predicted octanol–water partition coefficient (Wildman–Crippen LogP) is 1.40. The first-order chi connectivity index (χ1) is 9.43. The Kier molecular flexibility index (Phi) is 5.10. The second-order valence-corrected chi connectivity index (χ2v) is 6.12. The lowest BCUT2D eigenvalue weighted by Gasteiger charge is -2.44. The van der Waals surface area contributed by atoms with Crippen molar-refractivity contribution in [1.29, 1.82) is 0 Å². The zero-order chi connectivity index (χ0) is 12.9. The number of hydrogen-bond donors (Lipinski definition) is 1. The molecule has 1 N–H and O–H groups in total. The summed E-state index contributed by atoms with van der Waals surface area (Å²) in [6, 6.07) is 0.666. The van der Waals surface area contributed by atoms with Crippen molar-refractivity contribution in [2.75, 3.05) is 39.4 Å².